The Labute approximate surface area is 120 Å². The van der Waals surface area contributed by atoms with Gasteiger partial charge in [0, 0.05) is 17.8 Å². The van der Waals surface area contributed by atoms with Crippen LogP contribution in [-0.2, 0) is 0 Å². The van der Waals surface area contributed by atoms with E-state index in [0.717, 1.165) is 30.5 Å². The lowest BCUT2D eigenvalue weighted by atomic mass is 10.0. The first-order valence-electron chi connectivity index (χ1n) is 7.29. The molecule has 1 aromatic rings. The van der Waals surface area contributed by atoms with E-state index < -0.39 is 5.91 Å². The summed E-state index contributed by atoms with van der Waals surface area (Å²) in [5.41, 5.74) is 13.9. The van der Waals surface area contributed by atoms with E-state index in [4.69, 9.17) is 11.5 Å². The molecule has 20 heavy (non-hydrogen) atoms. The topological polar surface area (TPSA) is 94.0 Å². The Kier molecular flexibility index (Phi) is 4.60. The van der Waals surface area contributed by atoms with E-state index in [0.29, 0.717) is 11.4 Å². The normalized spacial score (nSPS) is 23.1. The Morgan fingerprint density at radius 1 is 1.30 bits per heavy atom. The first-order valence-corrected chi connectivity index (χ1v) is 7.29. The number of carbonyl (C=O) groups excluding carboxylic acids is 1. The summed E-state index contributed by atoms with van der Waals surface area (Å²) in [7, 11) is 0. The van der Waals surface area contributed by atoms with Gasteiger partial charge in [0.05, 0.1) is 5.56 Å². The molecule has 2 unspecified atom stereocenters. The van der Waals surface area contributed by atoms with Gasteiger partial charge in [-0.05, 0) is 38.3 Å². The van der Waals surface area contributed by atoms with E-state index in [9.17, 15) is 4.79 Å². The van der Waals surface area contributed by atoms with Crippen molar-refractivity contribution in [2.75, 3.05) is 5.32 Å². The van der Waals surface area contributed by atoms with Gasteiger partial charge in [-0.3, -0.25) is 4.79 Å². The molecule has 0 aliphatic heterocycles. The predicted molar refractivity (Wildman–Crippen MR) is 80.7 cm³/mol. The minimum absolute atomic E-state index is 0.0980. The van der Waals surface area contributed by atoms with Gasteiger partial charge >= 0.3 is 0 Å². The minimum atomic E-state index is -0.445. The van der Waals surface area contributed by atoms with Crippen LogP contribution in [0.15, 0.2) is 6.07 Å². The van der Waals surface area contributed by atoms with Gasteiger partial charge in [-0.1, -0.05) is 19.3 Å². The van der Waals surface area contributed by atoms with Crippen molar-refractivity contribution in [1.82, 2.24) is 4.98 Å². The number of nitrogens with one attached hydrogen (secondary N) is 1. The third kappa shape index (κ3) is 3.28. The molecule has 0 spiro atoms. The molecule has 5 nitrogen and oxygen atoms in total. The number of amides is 1. The highest BCUT2D eigenvalue weighted by atomic mass is 16.1. The number of aryl methyl sites for hydroxylation is 2. The van der Waals surface area contributed by atoms with E-state index in [1.165, 1.54) is 12.8 Å². The highest BCUT2D eigenvalue weighted by Gasteiger charge is 2.23. The second-order valence-electron chi connectivity index (χ2n) is 5.72. The maximum Gasteiger partial charge on any atom is 0.252 e. The molecule has 0 radical (unpaired) electrons. The number of pyridine rings is 1. The molecule has 1 aliphatic rings. The number of hydrogen-bond donors (Lipinski definition) is 3. The van der Waals surface area contributed by atoms with Crippen molar-refractivity contribution < 1.29 is 4.79 Å². The first-order chi connectivity index (χ1) is 9.49. The molecule has 1 aromatic heterocycles. The lowest BCUT2D eigenvalue weighted by molar-refractivity contribution is 0.1000. The summed E-state index contributed by atoms with van der Waals surface area (Å²) in [4.78, 5) is 16.1. The molecule has 5 heteroatoms. The van der Waals surface area contributed by atoms with Crippen molar-refractivity contribution in [1.29, 1.82) is 0 Å². The molecule has 2 atom stereocenters. The van der Waals surface area contributed by atoms with Crippen molar-refractivity contribution in [2.24, 2.45) is 11.5 Å². The summed E-state index contributed by atoms with van der Waals surface area (Å²) < 4.78 is 0. The Morgan fingerprint density at radius 3 is 2.70 bits per heavy atom. The van der Waals surface area contributed by atoms with Gasteiger partial charge in [-0.25, -0.2) is 4.98 Å². The number of primary amides is 1. The number of nitrogens with zero attached hydrogens (tertiary/aromatic N) is 1. The molecule has 1 heterocycles. The summed E-state index contributed by atoms with van der Waals surface area (Å²) >= 11 is 0. The molecule has 110 valence electrons. The number of carbonyl (C=O) groups is 1. The van der Waals surface area contributed by atoms with Crippen LogP contribution in [-0.4, -0.2) is 23.0 Å². The van der Waals surface area contributed by atoms with Crippen LogP contribution in [0, 0.1) is 13.8 Å². The molecule has 0 bridgehead atoms. The van der Waals surface area contributed by atoms with E-state index >= 15 is 0 Å². The largest absolute Gasteiger partial charge is 0.365 e. The van der Waals surface area contributed by atoms with Crippen molar-refractivity contribution in [3.63, 3.8) is 0 Å². The van der Waals surface area contributed by atoms with Gasteiger partial charge in [0.2, 0.25) is 0 Å². The molecule has 1 aliphatic carbocycles. The lowest BCUT2D eigenvalue weighted by Gasteiger charge is -2.24. The van der Waals surface area contributed by atoms with Gasteiger partial charge in [-0.15, -0.1) is 0 Å². The van der Waals surface area contributed by atoms with Crippen molar-refractivity contribution >= 4 is 11.7 Å². The number of rotatable bonds is 3. The van der Waals surface area contributed by atoms with Crippen molar-refractivity contribution in [2.45, 2.75) is 58.0 Å². The van der Waals surface area contributed by atoms with Crippen LogP contribution >= 0.6 is 0 Å². The van der Waals surface area contributed by atoms with E-state index in [-0.39, 0.29) is 12.1 Å². The third-order valence-corrected chi connectivity index (χ3v) is 3.98. The first kappa shape index (κ1) is 14.8. The molecule has 0 saturated heterocycles. The van der Waals surface area contributed by atoms with E-state index in [1.54, 1.807) is 0 Å². The maximum absolute atomic E-state index is 11.7. The third-order valence-electron chi connectivity index (χ3n) is 3.98. The van der Waals surface area contributed by atoms with Crippen LogP contribution in [0.3, 0.4) is 0 Å². The summed E-state index contributed by atoms with van der Waals surface area (Å²) in [6.45, 7) is 3.79. The maximum atomic E-state index is 11.7. The zero-order valence-corrected chi connectivity index (χ0v) is 12.3. The van der Waals surface area contributed by atoms with Gasteiger partial charge in [0.25, 0.3) is 5.91 Å². The minimum Gasteiger partial charge on any atom is -0.365 e. The van der Waals surface area contributed by atoms with Crippen LogP contribution in [0.25, 0.3) is 0 Å². The number of aromatic nitrogens is 1. The van der Waals surface area contributed by atoms with Gasteiger partial charge in [0.1, 0.15) is 5.82 Å². The molecular formula is C15H24N4O. The zero-order valence-electron chi connectivity index (χ0n) is 12.3. The quantitative estimate of drug-likeness (QED) is 0.735. The fourth-order valence-electron chi connectivity index (χ4n) is 2.94. The van der Waals surface area contributed by atoms with Gasteiger partial charge in [-0.2, -0.15) is 0 Å². The summed E-state index contributed by atoms with van der Waals surface area (Å²) in [6, 6.07) is 2.13. The number of nitrogens with two attached hydrogens (primary N) is 2. The van der Waals surface area contributed by atoms with Crippen LogP contribution < -0.4 is 16.8 Å². The second kappa shape index (κ2) is 6.22. The Bertz CT molecular complexity index is 501. The van der Waals surface area contributed by atoms with Gasteiger partial charge in [0.15, 0.2) is 0 Å². The van der Waals surface area contributed by atoms with Crippen LogP contribution in [0.2, 0.25) is 0 Å². The van der Waals surface area contributed by atoms with Crippen molar-refractivity contribution in [3.05, 3.63) is 22.9 Å². The smallest absolute Gasteiger partial charge is 0.252 e. The standard InChI is InChI=1S/C15H24N4O/c1-9-8-10(2)18-15(13(9)14(17)20)19-12-7-5-3-4-6-11(12)16/h8,11-12H,3-7,16H2,1-2H3,(H2,17,20)(H,18,19). The zero-order chi connectivity index (χ0) is 14.7. The molecule has 0 aromatic carbocycles. The monoisotopic (exact) mass is 276 g/mol. The summed E-state index contributed by atoms with van der Waals surface area (Å²) in [5, 5.41) is 3.37. The van der Waals surface area contributed by atoms with Crippen LogP contribution in [0.4, 0.5) is 5.82 Å². The van der Waals surface area contributed by atoms with Crippen LogP contribution in [0.5, 0.6) is 0 Å². The average Bonchev–Trinajstić information content (AvgIpc) is 2.53. The fourth-order valence-corrected chi connectivity index (χ4v) is 2.94. The molecule has 1 amide bonds. The Balaban J connectivity index is 2.29. The molecule has 1 fully saturated rings. The van der Waals surface area contributed by atoms with E-state index in [2.05, 4.69) is 10.3 Å². The highest BCUT2D eigenvalue weighted by Crippen LogP contribution is 2.23. The van der Waals surface area contributed by atoms with Gasteiger partial charge < -0.3 is 16.8 Å². The predicted octanol–water partition coefficient (Wildman–Crippen LogP) is 1.87. The Hall–Kier alpha value is -1.62. The SMILES string of the molecule is Cc1cc(C)c(C(N)=O)c(NC2CCCCCC2N)n1. The van der Waals surface area contributed by atoms with Crippen molar-refractivity contribution in [3.8, 4) is 0 Å². The highest BCUT2D eigenvalue weighted by molar-refractivity contribution is 5.99. The fraction of sp³-hybridized carbons (Fsp3) is 0.600. The molecular weight excluding hydrogens is 252 g/mol. The molecule has 1 saturated carbocycles. The van der Waals surface area contributed by atoms with Crippen LogP contribution in [0.1, 0.15) is 53.7 Å². The molecule has 2 rings (SSSR count). The van der Waals surface area contributed by atoms with E-state index in [1.807, 2.05) is 19.9 Å². The summed E-state index contributed by atoms with van der Waals surface area (Å²) in [6.07, 6.45) is 5.56. The molecule has 5 N–H and O–H groups in total. The number of anilines is 1. The summed E-state index contributed by atoms with van der Waals surface area (Å²) in [5.74, 6) is 0.136. The second-order valence-corrected chi connectivity index (χ2v) is 5.72. The lowest BCUT2D eigenvalue weighted by Crippen LogP contribution is -2.40. The number of hydrogen-bond acceptors (Lipinski definition) is 4. The Morgan fingerprint density at radius 2 is 2.00 bits per heavy atom. The average molecular weight is 276 g/mol.